The van der Waals surface area contributed by atoms with Gasteiger partial charge in [0.25, 0.3) is 5.56 Å². The molecular formula is C30H31IN2O8S. The van der Waals surface area contributed by atoms with Gasteiger partial charge in [0.05, 0.1) is 52.3 Å². The Balaban J connectivity index is 1.87. The summed E-state index contributed by atoms with van der Waals surface area (Å²) in [4.78, 5) is 43.9. The molecule has 0 aliphatic carbocycles. The molecule has 222 valence electrons. The number of hydrogen-bond donors (Lipinski definition) is 0. The molecule has 1 aliphatic rings. The average molecular weight is 707 g/mol. The topological polar surface area (TPSA) is 115 Å². The third-order valence-corrected chi connectivity index (χ3v) is 8.05. The molecule has 0 saturated heterocycles. The lowest BCUT2D eigenvalue weighted by atomic mass is 9.95. The van der Waals surface area contributed by atoms with Gasteiger partial charge in [0.1, 0.15) is 5.75 Å². The van der Waals surface area contributed by atoms with Crippen LogP contribution in [0.15, 0.2) is 57.5 Å². The molecule has 0 N–H and O–H groups in total. The number of carbonyl (C=O) groups excluding carboxylic acids is 2. The summed E-state index contributed by atoms with van der Waals surface area (Å²) in [6, 6.07) is 9.93. The second-order valence-corrected chi connectivity index (χ2v) is 11.1. The van der Waals surface area contributed by atoms with Crippen LogP contribution in [-0.4, -0.2) is 50.0 Å². The van der Waals surface area contributed by atoms with E-state index in [0.29, 0.717) is 45.3 Å². The van der Waals surface area contributed by atoms with Gasteiger partial charge in [0.15, 0.2) is 22.9 Å². The number of nitrogens with zero attached hydrogens (tertiary/aromatic N) is 2. The Kier molecular flexibility index (Phi) is 10.4. The van der Waals surface area contributed by atoms with E-state index in [1.165, 1.54) is 23.0 Å². The second-order valence-electron chi connectivity index (χ2n) is 8.93. The van der Waals surface area contributed by atoms with Crippen molar-refractivity contribution in [2.45, 2.75) is 33.7 Å². The fourth-order valence-corrected chi connectivity index (χ4v) is 6.16. The van der Waals surface area contributed by atoms with Crippen molar-refractivity contribution < 1.29 is 33.3 Å². The van der Waals surface area contributed by atoms with Crippen LogP contribution in [-0.2, 0) is 19.1 Å². The standard InChI is InChI=1S/C30H31IN2O8S/c1-6-38-21-11-9-18(13-20(21)31)14-24-28(35)33-27(26(29(36)40-8-3)17(4)32-30(33)42-24)19-10-12-22(23(15-19)39-7-2)41-16-25(34)37-5/h9-15,27H,6-8,16H2,1-5H3/b24-14-/t27-/m0/s1. The van der Waals surface area contributed by atoms with E-state index in [9.17, 15) is 14.4 Å². The molecule has 0 radical (unpaired) electrons. The lowest BCUT2D eigenvalue weighted by Gasteiger charge is -2.25. The van der Waals surface area contributed by atoms with Crippen molar-refractivity contribution >= 4 is 51.9 Å². The molecule has 0 amide bonds. The minimum absolute atomic E-state index is 0.160. The van der Waals surface area contributed by atoms with E-state index >= 15 is 0 Å². The molecule has 1 aliphatic heterocycles. The summed E-state index contributed by atoms with van der Waals surface area (Å²) in [5, 5.41) is 0. The molecule has 10 nitrogen and oxygen atoms in total. The van der Waals surface area contributed by atoms with Gasteiger partial charge in [-0.05, 0) is 91.8 Å². The third-order valence-electron chi connectivity index (χ3n) is 6.23. The fraction of sp³-hybridized carbons (Fsp3) is 0.333. The number of ether oxygens (including phenoxy) is 5. The van der Waals surface area contributed by atoms with Gasteiger partial charge >= 0.3 is 11.9 Å². The maximum absolute atomic E-state index is 14.0. The number of esters is 2. The van der Waals surface area contributed by atoms with Crippen LogP contribution in [0.2, 0.25) is 0 Å². The van der Waals surface area contributed by atoms with Crippen LogP contribution in [0.5, 0.6) is 17.2 Å². The number of hydrogen-bond acceptors (Lipinski definition) is 10. The lowest BCUT2D eigenvalue weighted by molar-refractivity contribution is -0.143. The van der Waals surface area contributed by atoms with Crippen LogP contribution in [0.4, 0.5) is 0 Å². The summed E-state index contributed by atoms with van der Waals surface area (Å²) >= 11 is 3.44. The van der Waals surface area contributed by atoms with Crippen LogP contribution in [0.1, 0.15) is 44.9 Å². The molecule has 0 saturated carbocycles. The van der Waals surface area contributed by atoms with Gasteiger partial charge in [-0.25, -0.2) is 14.6 Å². The average Bonchev–Trinajstić information content (AvgIpc) is 3.27. The Labute approximate surface area is 260 Å². The highest BCUT2D eigenvalue weighted by atomic mass is 127. The molecule has 4 rings (SSSR count). The lowest BCUT2D eigenvalue weighted by Crippen LogP contribution is -2.40. The largest absolute Gasteiger partial charge is 0.493 e. The predicted molar refractivity (Wildman–Crippen MR) is 166 cm³/mol. The van der Waals surface area contributed by atoms with Crippen LogP contribution >= 0.6 is 33.9 Å². The molecule has 0 fully saturated rings. The molecule has 0 unspecified atom stereocenters. The number of benzene rings is 2. The van der Waals surface area contributed by atoms with E-state index in [1.807, 2.05) is 32.0 Å². The van der Waals surface area contributed by atoms with Gasteiger partial charge in [-0.1, -0.05) is 23.5 Å². The van der Waals surface area contributed by atoms with Gasteiger partial charge in [0.2, 0.25) is 0 Å². The predicted octanol–water partition coefficient (Wildman–Crippen LogP) is 3.75. The van der Waals surface area contributed by atoms with Crippen molar-refractivity contribution in [1.29, 1.82) is 0 Å². The first-order chi connectivity index (χ1) is 20.2. The first kappa shape index (κ1) is 31.3. The summed E-state index contributed by atoms with van der Waals surface area (Å²) in [5.41, 5.74) is 1.81. The van der Waals surface area contributed by atoms with Gasteiger partial charge in [-0.2, -0.15) is 0 Å². The summed E-state index contributed by atoms with van der Waals surface area (Å²) < 4.78 is 30.0. The molecular weight excluding hydrogens is 675 g/mol. The zero-order valence-corrected chi connectivity index (χ0v) is 26.9. The maximum Gasteiger partial charge on any atom is 0.343 e. The minimum atomic E-state index is -0.836. The van der Waals surface area contributed by atoms with Crippen molar-refractivity contribution in [1.82, 2.24) is 4.57 Å². The normalized spacial score (nSPS) is 14.6. The van der Waals surface area contributed by atoms with Crippen LogP contribution in [0, 0.1) is 3.57 Å². The zero-order chi connectivity index (χ0) is 30.4. The molecule has 2 aromatic carbocycles. The fourth-order valence-electron chi connectivity index (χ4n) is 4.42. The van der Waals surface area contributed by atoms with E-state index < -0.39 is 18.0 Å². The summed E-state index contributed by atoms with van der Waals surface area (Å²) in [7, 11) is 1.27. The number of fused-ring (bicyclic) bond motifs is 1. The minimum Gasteiger partial charge on any atom is -0.493 e. The third kappa shape index (κ3) is 6.70. The van der Waals surface area contributed by atoms with Crippen LogP contribution < -0.4 is 29.1 Å². The summed E-state index contributed by atoms with van der Waals surface area (Å²) in [6.07, 6.45) is 1.80. The number of methoxy groups -OCH3 is 1. The molecule has 12 heteroatoms. The Bertz CT molecular complexity index is 1710. The van der Waals surface area contributed by atoms with E-state index in [0.717, 1.165) is 14.9 Å². The van der Waals surface area contributed by atoms with Crippen molar-refractivity contribution in [3.63, 3.8) is 0 Å². The van der Waals surface area contributed by atoms with E-state index in [-0.39, 0.29) is 24.3 Å². The quantitative estimate of drug-likeness (QED) is 0.219. The highest BCUT2D eigenvalue weighted by molar-refractivity contribution is 14.1. The highest BCUT2D eigenvalue weighted by Crippen LogP contribution is 2.36. The van der Waals surface area contributed by atoms with Gasteiger partial charge < -0.3 is 23.7 Å². The van der Waals surface area contributed by atoms with Crippen molar-refractivity contribution in [2.75, 3.05) is 33.5 Å². The molecule has 42 heavy (non-hydrogen) atoms. The summed E-state index contributed by atoms with van der Waals surface area (Å²) in [5.74, 6) is 0.336. The van der Waals surface area contributed by atoms with Crippen molar-refractivity contribution in [3.8, 4) is 17.2 Å². The molecule has 0 spiro atoms. The Morgan fingerprint density at radius 1 is 1.00 bits per heavy atom. The first-order valence-corrected chi connectivity index (χ1v) is 15.2. The molecule has 0 bridgehead atoms. The Morgan fingerprint density at radius 2 is 1.71 bits per heavy atom. The number of halogens is 1. The maximum atomic E-state index is 14.0. The monoisotopic (exact) mass is 706 g/mol. The molecule has 2 heterocycles. The van der Waals surface area contributed by atoms with E-state index in [2.05, 4.69) is 32.3 Å². The van der Waals surface area contributed by atoms with E-state index in [1.54, 1.807) is 38.1 Å². The van der Waals surface area contributed by atoms with Crippen molar-refractivity contribution in [3.05, 3.63) is 82.1 Å². The smallest absolute Gasteiger partial charge is 0.343 e. The highest BCUT2D eigenvalue weighted by Gasteiger charge is 2.34. The number of allylic oxidation sites excluding steroid dienone is 1. The SMILES string of the molecule is CCOC(=O)C1=C(C)N=c2s/c(=C\c3ccc(OCC)c(I)c3)c(=O)n2[C@H]1c1ccc(OCC(=O)OC)c(OCC)c1. The first-order valence-electron chi connectivity index (χ1n) is 13.3. The zero-order valence-electron chi connectivity index (χ0n) is 23.9. The Hall–Kier alpha value is -3.65. The number of aromatic nitrogens is 1. The Morgan fingerprint density at radius 3 is 2.38 bits per heavy atom. The number of thiazole rings is 1. The van der Waals surface area contributed by atoms with Gasteiger partial charge in [0, 0.05) is 0 Å². The summed E-state index contributed by atoms with van der Waals surface area (Å²) in [6.45, 7) is 7.92. The van der Waals surface area contributed by atoms with Crippen molar-refractivity contribution in [2.24, 2.45) is 4.99 Å². The van der Waals surface area contributed by atoms with Crippen LogP contribution in [0.25, 0.3) is 6.08 Å². The van der Waals surface area contributed by atoms with Gasteiger partial charge in [-0.15, -0.1) is 0 Å². The number of rotatable bonds is 11. The van der Waals surface area contributed by atoms with Gasteiger partial charge in [-0.3, -0.25) is 9.36 Å². The van der Waals surface area contributed by atoms with Crippen LogP contribution in [0.3, 0.4) is 0 Å². The number of carbonyl (C=O) groups is 2. The van der Waals surface area contributed by atoms with E-state index in [4.69, 9.17) is 18.9 Å². The molecule has 3 aromatic rings. The molecule has 1 aromatic heterocycles. The second kappa shape index (κ2) is 14.0. The molecule has 1 atom stereocenters.